The van der Waals surface area contributed by atoms with Crippen molar-refractivity contribution < 1.29 is 14.1 Å². The summed E-state index contributed by atoms with van der Waals surface area (Å²) in [4.78, 5) is 28.8. The summed E-state index contributed by atoms with van der Waals surface area (Å²) in [7, 11) is 0. The van der Waals surface area contributed by atoms with Gasteiger partial charge < -0.3 is 14.3 Å². The van der Waals surface area contributed by atoms with Crippen molar-refractivity contribution in [1.29, 1.82) is 0 Å². The van der Waals surface area contributed by atoms with Crippen LogP contribution < -0.4 is 0 Å². The molecule has 0 unspecified atom stereocenters. The van der Waals surface area contributed by atoms with Crippen LogP contribution in [0, 0.1) is 6.92 Å². The zero-order valence-corrected chi connectivity index (χ0v) is 14.0. The minimum Gasteiger partial charge on any atom is -0.360 e. The second kappa shape index (κ2) is 6.86. The summed E-state index contributed by atoms with van der Waals surface area (Å²) in [6.07, 6.45) is 0.633. The van der Waals surface area contributed by atoms with Crippen LogP contribution in [0.1, 0.15) is 39.1 Å². The van der Waals surface area contributed by atoms with Gasteiger partial charge in [-0.2, -0.15) is 0 Å². The number of carbonyl (C=O) groups is 2. The summed E-state index contributed by atoms with van der Waals surface area (Å²) in [5, 5.41) is 3.90. The summed E-state index contributed by atoms with van der Waals surface area (Å²) in [5.41, 5.74) is 1.88. The van der Waals surface area contributed by atoms with Gasteiger partial charge in [0.15, 0.2) is 0 Å². The maximum atomic E-state index is 12.7. The van der Waals surface area contributed by atoms with Crippen LogP contribution in [0.3, 0.4) is 0 Å². The van der Waals surface area contributed by atoms with E-state index in [-0.39, 0.29) is 11.8 Å². The molecule has 0 aliphatic carbocycles. The molecule has 1 aliphatic heterocycles. The lowest BCUT2D eigenvalue weighted by molar-refractivity contribution is 0.0534. The predicted octanol–water partition coefficient (Wildman–Crippen LogP) is 2.14. The first-order valence-corrected chi connectivity index (χ1v) is 8.20. The fourth-order valence-corrected chi connectivity index (χ4v) is 2.97. The average Bonchev–Trinajstić information content (AvgIpc) is 3.02. The van der Waals surface area contributed by atoms with Crippen molar-refractivity contribution >= 4 is 11.8 Å². The highest BCUT2D eigenvalue weighted by atomic mass is 16.5. The van der Waals surface area contributed by atoms with E-state index in [1.165, 1.54) is 0 Å². The Bertz CT molecular complexity index is 731. The Balaban J connectivity index is 1.66. The van der Waals surface area contributed by atoms with E-state index in [0.29, 0.717) is 55.2 Å². The van der Waals surface area contributed by atoms with Gasteiger partial charge in [0.25, 0.3) is 11.8 Å². The molecule has 0 atom stereocenters. The van der Waals surface area contributed by atoms with Crippen molar-refractivity contribution in [2.45, 2.75) is 20.3 Å². The maximum Gasteiger partial charge on any atom is 0.259 e. The topological polar surface area (TPSA) is 66.7 Å². The molecule has 2 heterocycles. The van der Waals surface area contributed by atoms with E-state index in [1.807, 2.05) is 37.3 Å². The fourth-order valence-electron chi connectivity index (χ4n) is 2.97. The first kappa shape index (κ1) is 16.2. The van der Waals surface area contributed by atoms with Gasteiger partial charge in [0.1, 0.15) is 11.3 Å². The van der Waals surface area contributed by atoms with Gasteiger partial charge in [-0.25, -0.2) is 0 Å². The third-order valence-corrected chi connectivity index (χ3v) is 4.34. The Morgan fingerprint density at radius 3 is 2.21 bits per heavy atom. The molecular formula is C18H21N3O3. The summed E-state index contributed by atoms with van der Waals surface area (Å²) in [6, 6.07) is 9.23. The number of nitrogens with zero attached hydrogens (tertiary/aromatic N) is 3. The van der Waals surface area contributed by atoms with Crippen LogP contribution in [0.15, 0.2) is 34.9 Å². The molecule has 3 rings (SSSR count). The molecule has 0 bridgehead atoms. The monoisotopic (exact) mass is 327 g/mol. The molecule has 6 nitrogen and oxygen atoms in total. The van der Waals surface area contributed by atoms with Crippen molar-refractivity contribution in [3.63, 3.8) is 0 Å². The summed E-state index contributed by atoms with van der Waals surface area (Å²) in [5.74, 6) is 0.579. The van der Waals surface area contributed by atoms with Gasteiger partial charge in [0, 0.05) is 38.2 Å². The van der Waals surface area contributed by atoms with E-state index < -0.39 is 0 Å². The van der Waals surface area contributed by atoms with Crippen LogP contribution in [0.25, 0.3) is 0 Å². The molecule has 2 amide bonds. The van der Waals surface area contributed by atoms with Gasteiger partial charge in [-0.1, -0.05) is 30.3 Å². The molecule has 1 aromatic heterocycles. The Morgan fingerprint density at radius 2 is 1.62 bits per heavy atom. The highest BCUT2D eigenvalue weighted by molar-refractivity contribution is 5.97. The molecule has 2 aromatic rings. The minimum atomic E-state index is -0.0580. The molecule has 0 saturated carbocycles. The van der Waals surface area contributed by atoms with Crippen LogP contribution in [-0.4, -0.2) is 52.9 Å². The fraction of sp³-hybridized carbons (Fsp3) is 0.389. The van der Waals surface area contributed by atoms with E-state index >= 15 is 0 Å². The molecule has 6 heteroatoms. The Morgan fingerprint density at radius 1 is 1.04 bits per heavy atom. The lowest BCUT2D eigenvalue weighted by Gasteiger charge is -2.34. The number of hydrogen-bond acceptors (Lipinski definition) is 4. The Kier molecular flexibility index (Phi) is 4.64. The number of hydrogen-bond donors (Lipinski definition) is 0. The number of piperazine rings is 1. The standard InChI is InChI=1S/C18H21N3O3/c1-3-15-16(13(2)19-24-15)18(23)21-11-9-20(10-12-21)17(22)14-7-5-4-6-8-14/h4-8H,3,9-12H2,1-2H3. The third kappa shape index (κ3) is 3.04. The van der Waals surface area contributed by atoms with Crippen LogP contribution in [0.4, 0.5) is 0 Å². The van der Waals surface area contributed by atoms with E-state index in [0.717, 1.165) is 0 Å². The van der Waals surface area contributed by atoms with Crippen molar-refractivity contribution in [2.75, 3.05) is 26.2 Å². The number of amides is 2. The largest absolute Gasteiger partial charge is 0.360 e. The molecule has 0 spiro atoms. The van der Waals surface area contributed by atoms with Crippen LogP contribution in [0.2, 0.25) is 0 Å². The van der Waals surface area contributed by atoms with E-state index in [2.05, 4.69) is 5.16 Å². The molecule has 0 N–H and O–H groups in total. The molecule has 0 radical (unpaired) electrons. The zero-order valence-electron chi connectivity index (χ0n) is 14.0. The van der Waals surface area contributed by atoms with E-state index in [9.17, 15) is 9.59 Å². The lowest BCUT2D eigenvalue weighted by Crippen LogP contribution is -2.50. The zero-order chi connectivity index (χ0) is 17.1. The quantitative estimate of drug-likeness (QED) is 0.866. The third-order valence-electron chi connectivity index (χ3n) is 4.34. The predicted molar refractivity (Wildman–Crippen MR) is 88.9 cm³/mol. The maximum absolute atomic E-state index is 12.7. The highest BCUT2D eigenvalue weighted by Gasteiger charge is 2.29. The molecule has 126 valence electrons. The SMILES string of the molecule is CCc1onc(C)c1C(=O)N1CCN(C(=O)c2ccccc2)CC1. The lowest BCUT2D eigenvalue weighted by atomic mass is 10.1. The van der Waals surface area contributed by atoms with Gasteiger partial charge in [0.05, 0.1) is 5.69 Å². The van der Waals surface area contributed by atoms with Crippen molar-refractivity contribution in [3.8, 4) is 0 Å². The second-order valence-corrected chi connectivity index (χ2v) is 5.87. The first-order chi connectivity index (χ1) is 11.6. The smallest absolute Gasteiger partial charge is 0.259 e. The van der Waals surface area contributed by atoms with Gasteiger partial charge >= 0.3 is 0 Å². The van der Waals surface area contributed by atoms with Crippen molar-refractivity contribution in [3.05, 3.63) is 52.9 Å². The molecule has 1 saturated heterocycles. The van der Waals surface area contributed by atoms with E-state index in [4.69, 9.17) is 4.52 Å². The number of rotatable bonds is 3. The van der Waals surface area contributed by atoms with E-state index in [1.54, 1.807) is 16.7 Å². The summed E-state index contributed by atoms with van der Waals surface area (Å²) in [6.45, 7) is 5.82. The second-order valence-electron chi connectivity index (χ2n) is 5.87. The van der Waals surface area contributed by atoms with Gasteiger partial charge in [0.2, 0.25) is 0 Å². The molecule has 1 aliphatic rings. The number of aryl methyl sites for hydroxylation is 2. The highest BCUT2D eigenvalue weighted by Crippen LogP contribution is 2.18. The first-order valence-electron chi connectivity index (χ1n) is 8.20. The molecule has 1 fully saturated rings. The molecular weight excluding hydrogens is 306 g/mol. The summed E-state index contributed by atoms with van der Waals surface area (Å²) < 4.78 is 5.21. The van der Waals surface area contributed by atoms with Crippen LogP contribution in [-0.2, 0) is 6.42 Å². The van der Waals surface area contributed by atoms with Gasteiger partial charge in [-0.05, 0) is 19.1 Å². The minimum absolute atomic E-state index is 0.0121. The molecule has 24 heavy (non-hydrogen) atoms. The Labute approximate surface area is 141 Å². The van der Waals surface area contributed by atoms with Gasteiger partial charge in [-0.3, -0.25) is 9.59 Å². The van der Waals surface area contributed by atoms with Crippen molar-refractivity contribution in [1.82, 2.24) is 15.0 Å². The normalized spacial score (nSPS) is 14.8. The number of carbonyl (C=O) groups excluding carboxylic acids is 2. The number of benzene rings is 1. The van der Waals surface area contributed by atoms with Crippen LogP contribution >= 0.6 is 0 Å². The number of aromatic nitrogens is 1. The molecule has 1 aromatic carbocycles. The average molecular weight is 327 g/mol. The van der Waals surface area contributed by atoms with Crippen molar-refractivity contribution in [2.24, 2.45) is 0 Å². The summed E-state index contributed by atoms with van der Waals surface area (Å²) >= 11 is 0. The Hall–Kier alpha value is -2.63. The van der Waals surface area contributed by atoms with Crippen LogP contribution in [0.5, 0.6) is 0 Å². The van der Waals surface area contributed by atoms with Gasteiger partial charge in [-0.15, -0.1) is 0 Å².